The number of β-amino-alcohol motifs (C(OH)–C–C–N with tert-alkyl or cyclic N) is 1. The number of aliphatic hydroxyl groups excluding tert-OH is 1. The number of anilines is 1. The first-order valence-corrected chi connectivity index (χ1v) is 30.6. The number of nitrogens with one attached hydrogen (secondary N) is 2. The molecule has 1 aliphatic carbocycles. The highest BCUT2D eigenvalue weighted by Gasteiger charge is 2.48. The minimum atomic E-state index is -1.01. The summed E-state index contributed by atoms with van der Waals surface area (Å²) in [6, 6.07) is 18.1. The van der Waals surface area contributed by atoms with Crippen LogP contribution in [0.25, 0.3) is 43.7 Å². The van der Waals surface area contributed by atoms with Crippen LogP contribution >= 0.6 is 0 Å². The quantitative estimate of drug-likeness (QED) is 0.0647. The van der Waals surface area contributed by atoms with Crippen molar-refractivity contribution in [1.82, 2.24) is 40.3 Å². The number of piperidine rings is 1. The minimum Gasteiger partial charge on any atom is -0.468 e. The number of aryl methyl sites for hydroxylation is 1. The van der Waals surface area contributed by atoms with Crippen molar-refractivity contribution >= 4 is 62.1 Å². The van der Waals surface area contributed by atoms with Crippen LogP contribution in [0.2, 0.25) is 0 Å². The lowest BCUT2D eigenvalue weighted by atomic mass is 9.85. The van der Waals surface area contributed by atoms with Gasteiger partial charge in [-0.1, -0.05) is 70.2 Å². The summed E-state index contributed by atoms with van der Waals surface area (Å²) >= 11 is 0. The number of nitrogens with zero attached hydrogens (tertiary/aromatic N) is 7. The van der Waals surface area contributed by atoms with Gasteiger partial charge in [-0.2, -0.15) is 9.97 Å². The van der Waals surface area contributed by atoms with Crippen LogP contribution in [-0.2, 0) is 41.6 Å². The molecule has 1 saturated carbocycles. The Labute approximate surface area is 506 Å². The summed E-state index contributed by atoms with van der Waals surface area (Å²) < 4.78 is 63.2. The van der Waals surface area contributed by atoms with Crippen LogP contribution in [0.15, 0.2) is 72.9 Å². The van der Waals surface area contributed by atoms with Gasteiger partial charge in [0.1, 0.15) is 52.9 Å². The maximum absolute atomic E-state index is 17.8. The second kappa shape index (κ2) is 25.0. The highest BCUT2D eigenvalue weighted by molar-refractivity contribution is 6.02. The molecule has 3 N–H and O–H groups in total. The van der Waals surface area contributed by atoms with Gasteiger partial charge in [0.25, 0.3) is 0 Å². The van der Waals surface area contributed by atoms with Gasteiger partial charge in [0, 0.05) is 70.0 Å². The standard InChI is InChI=1S/C66H81F2N9O10/c1-9-48-51(67)21-18-42-26-47(86-38-83-8)28-49(54(42)48)56-55(68)57-50(30-69-56)59(75-31-43-19-20-44(32-75)77(43)63(82)87-65(5,6)7)73-62(72-57)85-37-66(22-23-66)36-74-24-12-15-46(34-74)84-35-53(79)71-58(64(2,3)4)61(81)76-33-45(78)27-52(76)60(80)70-29-39-16-17-40-13-10-11-14-41(40)25-39/h10-11,13-14,16-18,21,25-26,28,30,43-46,52,58,78H,9,12,15,19-20,22-24,27,29,31-38H2,1-8H3,(H,70,80)(H,71,79)/t43?,44?,45-,46+,52+,58-/m1/s1. The highest BCUT2D eigenvalue weighted by atomic mass is 19.1. The number of aromatic nitrogens is 3. The molecule has 5 fully saturated rings. The van der Waals surface area contributed by atoms with Gasteiger partial charge in [-0.3, -0.25) is 24.3 Å². The average molecular weight is 1200 g/mol. The van der Waals surface area contributed by atoms with E-state index in [-0.39, 0.29) is 92.3 Å². The van der Waals surface area contributed by atoms with Gasteiger partial charge >= 0.3 is 12.1 Å². The van der Waals surface area contributed by atoms with E-state index in [0.29, 0.717) is 71.5 Å². The average Bonchev–Trinajstić information content (AvgIpc) is 1.10. The number of ether oxygens (including phenoxy) is 5. The monoisotopic (exact) mass is 1200 g/mol. The molecule has 4 aromatic carbocycles. The Morgan fingerprint density at radius 2 is 1.62 bits per heavy atom. The number of aliphatic hydroxyl groups is 1. The maximum Gasteiger partial charge on any atom is 0.410 e. The summed E-state index contributed by atoms with van der Waals surface area (Å²) in [6.45, 7) is 15.9. The van der Waals surface area contributed by atoms with Crippen LogP contribution in [0.4, 0.5) is 19.4 Å². The normalized spacial score (nSPS) is 21.6. The molecule has 6 atom stereocenters. The molecule has 87 heavy (non-hydrogen) atoms. The molecule has 4 saturated heterocycles. The number of piperazine rings is 1. The van der Waals surface area contributed by atoms with Crippen LogP contribution in [-0.4, -0.2) is 167 Å². The lowest BCUT2D eigenvalue weighted by Gasteiger charge is -2.42. The van der Waals surface area contributed by atoms with E-state index in [2.05, 4.69) is 20.4 Å². The van der Waals surface area contributed by atoms with Gasteiger partial charge in [-0.05, 0) is 135 Å². The van der Waals surface area contributed by atoms with E-state index in [9.17, 15) is 24.3 Å². The minimum absolute atomic E-state index is 0.0151. The number of methoxy groups -OCH3 is 1. The summed E-state index contributed by atoms with van der Waals surface area (Å²) in [4.78, 5) is 77.5. The molecule has 2 bridgehead atoms. The van der Waals surface area contributed by atoms with Crippen molar-refractivity contribution in [1.29, 1.82) is 0 Å². The fourth-order valence-corrected chi connectivity index (χ4v) is 13.1. The Kier molecular flexibility index (Phi) is 17.6. The third-order valence-corrected chi connectivity index (χ3v) is 17.6. The van der Waals surface area contributed by atoms with Gasteiger partial charge in [-0.25, -0.2) is 13.6 Å². The van der Waals surface area contributed by atoms with E-state index in [0.717, 1.165) is 61.4 Å². The smallest absolute Gasteiger partial charge is 0.410 e. The zero-order valence-corrected chi connectivity index (χ0v) is 51.1. The Bertz CT molecular complexity index is 3560. The van der Waals surface area contributed by atoms with Crippen molar-refractivity contribution in [2.45, 2.75) is 148 Å². The van der Waals surface area contributed by atoms with Gasteiger partial charge in [0.05, 0.1) is 36.3 Å². The number of carbonyl (C=O) groups is 4. The molecule has 11 rings (SSSR count). The molecule has 6 heterocycles. The van der Waals surface area contributed by atoms with Crippen molar-refractivity contribution < 1.29 is 56.7 Å². The van der Waals surface area contributed by atoms with Crippen molar-refractivity contribution in [3.63, 3.8) is 0 Å². The molecular weight excluding hydrogens is 1120 g/mol. The first-order valence-electron chi connectivity index (χ1n) is 30.6. The number of amides is 4. The number of carbonyl (C=O) groups excluding carboxylic acids is 4. The van der Waals surface area contributed by atoms with Crippen LogP contribution in [0.3, 0.4) is 0 Å². The summed E-state index contributed by atoms with van der Waals surface area (Å²) in [5.41, 5.74) is -0.121. The molecule has 21 heteroatoms. The lowest BCUT2D eigenvalue weighted by molar-refractivity contribution is -0.145. The number of likely N-dealkylation sites (tertiary alicyclic amines) is 2. The van der Waals surface area contributed by atoms with Gasteiger partial charge in [0.15, 0.2) is 12.6 Å². The molecule has 0 radical (unpaired) electrons. The topological polar surface area (TPSA) is 210 Å². The molecule has 2 aromatic heterocycles. The van der Waals surface area contributed by atoms with Gasteiger partial charge in [-0.15, -0.1) is 0 Å². The van der Waals surface area contributed by atoms with Crippen molar-refractivity contribution in [3.8, 4) is 23.0 Å². The first kappa shape index (κ1) is 61.3. The molecule has 4 amide bonds. The van der Waals surface area contributed by atoms with E-state index in [1.807, 2.05) is 95.8 Å². The van der Waals surface area contributed by atoms with E-state index in [4.69, 9.17) is 38.6 Å². The number of fused-ring (bicyclic) bond motifs is 5. The Morgan fingerprint density at radius 3 is 2.33 bits per heavy atom. The molecule has 0 spiro atoms. The Hall–Kier alpha value is -7.33. The summed E-state index contributed by atoms with van der Waals surface area (Å²) in [5, 5.41) is 20.3. The highest BCUT2D eigenvalue weighted by Crippen LogP contribution is 2.48. The van der Waals surface area contributed by atoms with E-state index in [1.54, 1.807) is 24.4 Å². The van der Waals surface area contributed by atoms with E-state index < -0.39 is 52.7 Å². The fraction of sp³-hybridized carbons (Fsp3) is 0.530. The molecule has 464 valence electrons. The van der Waals surface area contributed by atoms with E-state index >= 15 is 8.78 Å². The third kappa shape index (κ3) is 13.6. The molecule has 5 aliphatic rings. The largest absolute Gasteiger partial charge is 0.468 e. The van der Waals surface area contributed by atoms with Crippen LogP contribution in [0.5, 0.6) is 11.8 Å². The van der Waals surface area contributed by atoms with Crippen molar-refractivity contribution in [3.05, 3.63) is 95.7 Å². The number of pyridine rings is 1. The predicted octanol–water partition coefficient (Wildman–Crippen LogP) is 8.86. The number of hydrogen-bond donors (Lipinski definition) is 3. The molecule has 19 nitrogen and oxygen atoms in total. The third-order valence-electron chi connectivity index (χ3n) is 17.6. The summed E-state index contributed by atoms with van der Waals surface area (Å²) in [7, 11) is 1.50. The summed E-state index contributed by atoms with van der Waals surface area (Å²) in [6.07, 6.45) is 5.24. The number of halogens is 2. The second-order valence-corrected chi connectivity index (χ2v) is 26.5. The van der Waals surface area contributed by atoms with Gasteiger partial charge < -0.3 is 54.1 Å². The number of benzene rings is 4. The Morgan fingerprint density at radius 1 is 0.874 bits per heavy atom. The van der Waals surface area contributed by atoms with Crippen LogP contribution in [0.1, 0.15) is 105 Å². The fourth-order valence-electron chi connectivity index (χ4n) is 13.1. The van der Waals surface area contributed by atoms with Crippen LogP contribution < -0.4 is 25.0 Å². The molecular formula is C66H81F2N9O10. The van der Waals surface area contributed by atoms with Gasteiger partial charge in [0.2, 0.25) is 17.7 Å². The van der Waals surface area contributed by atoms with E-state index in [1.165, 1.54) is 18.1 Å². The number of rotatable bonds is 19. The maximum atomic E-state index is 17.8. The second-order valence-electron chi connectivity index (χ2n) is 26.5. The lowest BCUT2D eigenvalue weighted by Crippen LogP contribution is -2.58. The predicted molar refractivity (Wildman–Crippen MR) is 325 cm³/mol. The zero-order chi connectivity index (χ0) is 61.5. The summed E-state index contributed by atoms with van der Waals surface area (Å²) in [5.74, 6) is -1.64. The van der Waals surface area contributed by atoms with Crippen molar-refractivity contribution in [2.24, 2.45) is 10.8 Å². The molecule has 2 unspecified atom stereocenters. The number of hydrogen-bond acceptors (Lipinski definition) is 15. The Balaban J connectivity index is 0.771. The molecule has 6 aromatic rings. The first-order chi connectivity index (χ1) is 41.6. The molecule has 4 aliphatic heterocycles. The van der Waals surface area contributed by atoms with Crippen molar-refractivity contribution in [2.75, 3.05) is 71.3 Å². The SMILES string of the molecule is CCc1c(F)ccc2cc(OCOC)cc(-c3ncc4c(N5CC6CCC(C5)N6C(=O)OC(C)(C)C)nc(OCC5(CN6CCC[C@H](OCC(=O)N[C@H](C(=O)N7C[C@H](O)C[C@H]7C(=O)NCc7ccc8ccccc8c7)C(C)(C)C)C6)CC5)nc4c3F)c12. The zero-order valence-electron chi connectivity index (χ0n) is 51.1. The van der Waals surface area contributed by atoms with Crippen LogP contribution in [0, 0.1) is 22.5 Å².